The van der Waals surface area contributed by atoms with E-state index in [1.54, 1.807) is 9.47 Å². The van der Waals surface area contributed by atoms with E-state index in [1.807, 2.05) is 30.3 Å². The second-order valence-corrected chi connectivity index (χ2v) is 6.92. The molecule has 0 atom stereocenters. The van der Waals surface area contributed by atoms with Crippen LogP contribution in [0.15, 0.2) is 35.1 Å². The highest BCUT2D eigenvalue weighted by molar-refractivity contribution is 6.03. The van der Waals surface area contributed by atoms with E-state index in [2.05, 4.69) is 15.5 Å². The maximum absolute atomic E-state index is 12.5. The number of carbonyl (C=O) groups is 3. The minimum Gasteiger partial charge on any atom is -0.341 e. The third-order valence-corrected chi connectivity index (χ3v) is 5.12. The number of hydrogen-bond acceptors (Lipinski definition) is 5. The molecule has 2 aromatic rings. The molecule has 10 nitrogen and oxygen atoms in total. The van der Waals surface area contributed by atoms with Crippen molar-refractivity contribution in [1.29, 1.82) is 0 Å². The number of para-hydroxylation sites is 1. The predicted molar refractivity (Wildman–Crippen MR) is 97.9 cm³/mol. The van der Waals surface area contributed by atoms with Crippen LogP contribution in [0, 0.1) is 0 Å². The first-order valence-electron chi connectivity index (χ1n) is 9.12. The number of benzene rings is 1. The minimum absolute atomic E-state index is 0.0415. The Hall–Kier alpha value is -3.43. The molecule has 4 amide bonds. The third kappa shape index (κ3) is 3.40. The zero-order valence-electron chi connectivity index (χ0n) is 15.1. The van der Waals surface area contributed by atoms with E-state index in [9.17, 15) is 19.2 Å². The van der Waals surface area contributed by atoms with Gasteiger partial charge in [-0.05, 0) is 25.0 Å². The van der Waals surface area contributed by atoms with Crippen LogP contribution in [-0.4, -0.2) is 68.6 Å². The van der Waals surface area contributed by atoms with Crippen LogP contribution in [0.3, 0.4) is 0 Å². The molecule has 3 heterocycles. The maximum Gasteiger partial charge on any atom is 0.347 e. The molecule has 0 radical (unpaired) electrons. The standard InChI is InChI=1S/C18H20N6O4/c25-14-10-23(17(27)19-14)11-15(26)22-8-6-12(7-9-22)16-20-21-18(28)24(16)13-4-2-1-3-5-13/h1-5,12H,6-11H2,(H,21,28)(H,19,25,27). The zero-order valence-corrected chi connectivity index (χ0v) is 15.1. The highest BCUT2D eigenvalue weighted by Gasteiger charge is 2.32. The highest BCUT2D eigenvalue weighted by atomic mass is 16.2. The SMILES string of the molecule is O=C1CN(CC(=O)N2CCC(c3n[nH]c(=O)n3-c3ccccc3)CC2)C(=O)N1. The van der Waals surface area contributed by atoms with Crippen molar-refractivity contribution < 1.29 is 14.4 Å². The van der Waals surface area contributed by atoms with Crippen molar-refractivity contribution in [3.8, 4) is 5.69 Å². The van der Waals surface area contributed by atoms with Crippen LogP contribution in [0.5, 0.6) is 0 Å². The quantitative estimate of drug-likeness (QED) is 0.709. The summed E-state index contributed by atoms with van der Waals surface area (Å²) < 4.78 is 1.57. The number of aromatic amines is 1. The fourth-order valence-electron chi connectivity index (χ4n) is 3.67. The molecule has 0 bridgehead atoms. The lowest BCUT2D eigenvalue weighted by atomic mass is 9.95. The van der Waals surface area contributed by atoms with E-state index >= 15 is 0 Å². The number of aromatic nitrogens is 3. The van der Waals surface area contributed by atoms with Crippen molar-refractivity contribution in [3.05, 3.63) is 46.6 Å². The number of nitrogens with one attached hydrogen (secondary N) is 2. The Morgan fingerprint density at radius 1 is 1.11 bits per heavy atom. The van der Waals surface area contributed by atoms with Gasteiger partial charge in [0.05, 0.1) is 5.69 Å². The van der Waals surface area contributed by atoms with Gasteiger partial charge in [-0.15, -0.1) is 0 Å². The van der Waals surface area contributed by atoms with Gasteiger partial charge in [0.1, 0.15) is 18.9 Å². The number of rotatable bonds is 4. The summed E-state index contributed by atoms with van der Waals surface area (Å²) in [5.41, 5.74) is 0.462. The molecule has 0 spiro atoms. The van der Waals surface area contributed by atoms with Crippen LogP contribution in [0.25, 0.3) is 5.69 Å². The molecular formula is C18H20N6O4. The van der Waals surface area contributed by atoms with Gasteiger partial charge in [-0.3, -0.25) is 14.9 Å². The van der Waals surface area contributed by atoms with Crippen LogP contribution in [0.4, 0.5) is 4.79 Å². The van der Waals surface area contributed by atoms with Crippen molar-refractivity contribution in [2.45, 2.75) is 18.8 Å². The highest BCUT2D eigenvalue weighted by Crippen LogP contribution is 2.27. The number of piperidine rings is 1. The lowest BCUT2D eigenvalue weighted by molar-refractivity contribution is -0.132. The van der Waals surface area contributed by atoms with E-state index in [0.29, 0.717) is 31.8 Å². The summed E-state index contributed by atoms with van der Waals surface area (Å²) >= 11 is 0. The van der Waals surface area contributed by atoms with E-state index in [4.69, 9.17) is 0 Å². The van der Waals surface area contributed by atoms with Crippen molar-refractivity contribution in [2.75, 3.05) is 26.2 Å². The largest absolute Gasteiger partial charge is 0.347 e. The van der Waals surface area contributed by atoms with Gasteiger partial charge < -0.3 is 9.80 Å². The molecule has 2 N–H and O–H groups in total. The summed E-state index contributed by atoms with van der Waals surface area (Å²) in [7, 11) is 0. The lowest BCUT2D eigenvalue weighted by Gasteiger charge is -2.32. The monoisotopic (exact) mass is 384 g/mol. The van der Waals surface area contributed by atoms with Gasteiger partial charge in [0, 0.05) is 19.0 Å². The second kappa shape index (κ2) is 7.29. The first-order chi connectivity index (χ1) is 13.5. The van der Waals surface area contributed by atoms with E-state index < -0.39 is 11.9 Å². The van der Waals surface area contributed by atoms with Gasteiger partial charge in [0.15, 0.2) is 0 Å². The molecule has 0 unspecified atom stereocenters. The molecular weight excluding hydrogens is 364 g/mol. The number of likely N-dealkylation sites (tertiary alicyclic amines) is 1. The number of amides is 4. The van der Waals surface area contributed by atoms with Crippen LogP contribution < -0.4 is 11.0 Å². The number of carbonyl (C=O) groups excluding carboxylic acids is 3. The van der Waals surface area contributed by atoms with Crippen LogP contribution >= 0.6 is 0 Å². The normalized spacial score (nSPS) is 17.9. The van der Waals surface area contributed by atoms with E-state index in [0.717, 1.165) is 5.69 Å². The molecule has 2 aliphatic heterocycles. The molecule has 0 aliphatic carbocycles. The first kappa shape index (κ1) is 18.0. The first-order valence-corrected chi connectivity index (χ1v) is 9.12. The lowest BCUT2D eigenvalue weighted by Crippen LogP contribution is -2.45. The molecule has 146 valence electrons. The number of urea groups is 1. The Morgan fingerprint density at radius 3 is 2.46 bits per heavy atom. The Bertz CT molecular complexity index is 958. The molecule has 2 fully saturated rings. The van der Waals surface area contributed by atoms with Gasteiger partial charge in [0.25, 0.3) is 0 Å². The van der Waals surface area contributed by atoms with Gasteiger partial charge >= 0.3 is 11.7 Å². The average Bonchev–Trinajstić information content (AvgIpc) is 3.24. The Labute approximate surface area is 160 Å². The van der Waals surface area contributed by atoms with Crippen molar-refractivity contribution in [1.82, 2.24) is 29.9 Å². The van der Waals surface area contributed by atoms with Gasteiger partial charge in [-0.2, -0.15) is 5.10 Å². The fourth-order valence-corrected chi connectivity index (χ4v) is 3.67. The minimum atomic E-state index is -0.531. The summed E-state index contributed by atoms with van der Waals surface area (Å²) in [6, 6.07) is 8.77. The van der Waals surface area contributed by atoms with Gasteiger partial charge in [-0.25, -0.2) is 19.3 Å². The van der Waals surface area contributed by atoms with Crippen molar-refractivity contribution in [2.24, 2.45) is 0 Å². The van der Waals surface area contributed by atoms with Gasteiger partial charge in [0.2, 0.25) is 11.8 Å². The molecule has 28 heavy (non-hydrogen) atoms. The molecule has 0 saturated carbocycles. The second-order valence-electron chi connectivity index (χ2n) is 6.92. The fraction of sp³-hybridized carbons (Fsp3) is 0.389. The Morgan fingerprint density at radius 2 is 1.82 bits per heavy atom. The summed E-state index contributed by atoms with van der Waals surface area (Å²) in [5, 5.41) is 8.89. The molecule has 1 aromatic heterocycles. The van der Waals surface area contributed by atoms with Crippen molar-refractivity contribution in [3.63, 3.8) is 0 Å². The average molecular weight is 384 g/mol. The summed E-state index contributed by atoms with van der Waals surface area (Å²) in [5.74, 6) is 0.118. The Balaban J connectivity index is 1.41. The number of hydrogen-bond donors (Lipinski definition) is 2. The summed E-state index contributed by atoms with van der Waals surface area (Å²) in [6.45, 7) is 0.808. The topological polar surface area (TPSA) is 120 Å². The third-order valence-electron chi connectivity index (χ3n) is 5.12. The van der Waals surface area contributed by atoms with Crippen LogP contribution in [0.2, 0.25) is 0 Å². The van der Waals surface area contributed by atoms with Gasteiger partial charge in [-0.1, -0.05) is 18.2 Å². The smallest absolute Gasteiger partial charge is 0.341 e. The maximum atomic E-state index is 12.5. The van der Waals surface area contributed by atoms with Crippen LogP contribution in [0.1, 0.15) is 24.6 Å². The summed E-state index contributed by atoms with van der Waals surface area (Å²) in [4.78, 5) is 50.4. The molecule has 2 saturated heterocycles. The summed E-state index contributed by atoms with van der Waals surface area (Å²) in [6.07, 6.45) is 1.32. The van der Waals surface area contributed by atoms with E-state index in [-0.39, 0.29) is 30.6 Å². The number of nitrogens with zero attached hydrogens (tertiary/aromatic N) is 4. The number of H-pyrrole nitrogens is 1. The number of imide groups is 1. The predicted octanol–water partition coefficient (Wildman–Crippen LogP) is -0.182. The van der Waals surface area contributed by atoms with Crippen LogP contribution in [-0.2, 0) is 9.59 Å². The molecule has 1 aromatic carbocycles. The zero-order chi connectivity index (χ0) is 19.7. The van der Waals surface area contributed by atoms with Crippen molar-refractivity contribution >= 4 is 17.8 Å². The Kier molecular flexibility index (Phi) is 4.68. The molecule has 2 aliphatic rings. The molecule has 10 heteroatoms. The molecule has 4 rings (SSSR count). The van der Waals surface area contributed by atoms with E-state index in [1.165, 1.54) is 4.90 Å².